The third-order valence-electron chi connectivity index (χ3n) is 4.47. The molecule has 12 heteroatoms. The van der Waals surface area contributed by atoms with Crippen molar-refractivity contribution in [3.8, 4) is 11.5 Å². The Labute approximate surface area is 188 Å². The fourth-order valence-electron chi connectivity index (χ4n) is 3.19. The van der Waals surface area contributed by atoms with Gasteiger partial charge < -0.3 is 33.5 Å². The van der Waals surface area contributed by atoms with Crippen LogP contribution in [0.15, 0.2) is 18.2 Å². The summed E-state index contributed by atoms with van der Waals surface area (Å²) in [6, 6.07) is 3.73. The minimum atomic E-state index is -1.47. The molecule has 0 spiro atoms. The Kier molecular flexibility index (Phi) is 8.74. The number of rotatable bonds is 8. The van der Waals surface area contributed by atoms with Gasteiger partial charge >= 0.3 is 23.9 Å². The highest BCUT2D eigenvalue weighted by Gasteiger charge is 2.53. The highest BCUT2D eigenvalue weighted by Crippen LogP contribution is 2.33. The Hall–Kier alpha value is -3.67. The SMILES string of the molecule is COC(=O)C[C@H]1O[C@@H](Oc2ccc(C=O)c(O)c2)[C@H](OC(C)=O)[C@@H](OC(C)=O)[C@@H]1OC(C)=O. The van der Waals surface area contributed by atoms with Crippen LogP contribution in [0.5, 0.6) is 11.5 Å². The number of benzene rings is 1. The van der Waals surface area contributed by atoms with Crippen LogP contribution in [-0.2, 0) is 42.9 Å². The van der Waals surface area contributed by atoms with Gasteiger partial charge in [0.2, 0.25) is 12.4 Å². The van der Waals surface area contributed by atoms with Crippen molar-refractivity contribution in [1.82, 2.24) is 0 Å². The lowest BCUT2D eigenvalue weighted by molar-refractivity contribution is -0.284. The van der Waals surface area contributed by atoms with Crippen LogP contribution < -0.4 is 4.74 Å². The largest absolute Gasteiger partial charge is 0.507 e. The van der Waals surface area contributed by atoms with Crippen molar-refractivity contribution in [3.63, 3.8) is 0 Å². The Bertz CT molecular complexity index is 911. The molecule has 1 aliphatic rings. The smallest absolute Gasteiger partial charge is 0.308 e. The van der Waals surface area contributed by atoms with Gasteiger partial charge in [0.05, 0.1) is 19.1 Å². The van der Waals surface area contributed by atoms with Gasteiger partial charge in [-0.3, -0.25) is 24.0 Å². The van der Waals surface area contributed by atoms with Crippen LogP contribution in [0.4, 0.5) is 0 Å². The molecule has 0 bridgehead atoms. The van der Waals surface area contributed by atoms with Gasteiger partial charge in [0, 0.05) is 26.8 Å². The fourth-order valence-corrected chi connectivity index (χ4v) is 3.19. The lowest BCUT2D eigenvalue weighted by Crippen LogP contribution is -2.63. The number of carbonyl (C=O) groups is 5. The number of hydrogen-bond donors (Lipinski definition) is 1. The van der Waals surface area contributed by atoms with E-state index in [0.29, 0.717) is 6.29 Å². The van der Waals surface area contributed by atoms with E-state index in [-0.39, 0.29) is 17.1 Å². The number of methoxy groups -OCH3 is 1. The first-order chi connectivity index (χ1) is 15.5. The average Bonchev–Trinajstić information content (AvgIpc) is 2.72. The summed E-state index contributed by atoms with van der Waals surface area (Å²) in [5.74, 6) is -3.46. The number of carbonyl (C=O) groups excluding carboxylic acids is 5. The third kappa shape index (κ3) is 6.91. The van der Waals surface area contributed by atoms with E-state index in [9.17, 15) is 29.1 Å². The molecule has 0 saturated carbocycles. The second-order valence-corrected chi connectivity index (χ2v) is 7.00. The second kappa shape index (κ2) is 11.3. The molecule has 1 aromatic rings. The standard InChI is InChI=1S/C21H24O12/c1-10(23)29-18-16(8-17(27)28-4)33-21(20(31-12(3)25)19(18)30-11(2)24)32-14-6-5-13(9-22)15(26)7-14/h5-7,9,16,18-21,26H,8H2,1-4H3/t16-,18-,19+,20-,21-/m1/s1. The zero-order valence-electron chi connectivity index (χ0n) is 18.3. The Morgan fingerprint density at radius 3 is 2.06 bits per heavy atom. The number of ether oxygens (including phenoxy) is 6. The molecule has 0 amide bonds. The van der Waals surface area contributed by atoms with Crippen molar-refractivity contribution in [3.05, 3.63) is 23.8 Å². The predicted molar refractivity (Wildman–Crippen MR) is 106 cm³/mol. The molecule has 180 valence electrons. The van der Waals surface area contributed by atoms with E-state index in [1.807, 2.05) is 0 Å². The molecule has 2 rings (SSSR count). The molecular formula is C21H24O12. The van der Waals surface area contributed by atoms with Gasteiger partial charge in [-0.25, -0.2) is 0 Å². The van der Waals surface area contributed by atoms with Crippen molar-refractivity contribution in [1.29, 1.82) is 0 Å². The monoisotopic (exact) mass is 468 g/mol. The minimum absolute atomic E-state index is 0.000252. The number of esters is 4. The van der Waals surface area contributed by atoms with Crippen molar-refractivity contribution in [2.75, 3.05) is 7.11 Å². The van der Waals surface area contributed by atoms with Gasteiger partial charge in [0.25, 0.3) is 0 Å². The van der Waals surface area contributed by atoms with Gasteiger partial charge in [0.15, 0.2) is 18.5 Å². The van der Waals surface area contributed by atoms with Crippen LogP contribution in [0.3, 0.4) is 0 Å². The molecule has 0 radical (unpaired) electrons. The first-order valence-corrected chi connectivity index (χ1v) is 9.74. The minimum Gasteiger partial charge on any atom is -0.507 e. The maximum absolute atomic E-state index is 11.9. The summed E-state index contributed by atoms with van der Waals surface area (Å²) in [5, 5.41) is 9.92. The van der Waals surface area contributed by atoms with Crippen LogP contribution in [0.1, 0.15) is 37.6 Å². The van der Waals surface area contributed by atoms with Gasteiger partial charge in [-0.1, -0.05) is 0 Å². The molecular weight excluding hydrogens is 444 g/mol. The molecule has 12 nitrogen and oxygen atoms in total. The normalized spacial score (nSPS) is 24.2. The van der Waals surface area contributed by atoms with Gasteiger partial charge in [-0.15, -0.1) is 0 Å². The highest BCUT2D eigenvalue weighted by atomic mass is 16.7. The highest BCUT2D eigenvalue weighted by molar-refractivity contribution is 5.79. The molecule has 1 fully saturated rings. The van der Waals surface area contributed by atoms with Crippen molar-refractivity contribution in [2.24, 2.45) is 0 Å². The second-order valence-electron chi connectivity index (χ2n) is 7.00. The van der Waals surface area contributed by atoms with Crippen LogP contribution in [-0.4, -0.2) is 73.1 Å². The number of phenols is 1. The molecule has 1 aromatic carbocycles. The first-order valence-electron chi connectivity index (χ1n) is 9.74. The number of phenolic OH excluding ortho intramolecular Hbond substituents is 1. The van der Waals surface area contributed by atoms with E-state index in [4.69, 9.17) is 23.7 Å². The summed E-state index contributed by atoms with van der Waals surface area (Å²) in [7, 11) is 1.14. The van der Waals surface area contributed by atoms with Gasteiger partial charge in [-0.2, -0.15) is 0 Å². The van der Waals surface area contributed by atoms with Crippen LogP contribution in [0.2, 0.25) is 0 Å². The van der Waals surface area contributed by atoms with E-state index < -0.39 is 61.0 Å². The van der Waals surface area contributed by atoms with E-state index in [1.54, 1.807) is 0 Å². The van der Waals surface area contributed by atoms with E-state index in [0.717, 1.165) is 33.9 Å². The van der Waals surface area contributed by atoms with Crippen molar-refractivity contribution >= 4 is 30.2 Å². The van der Waals surface area contributed by atoms with E-state index in [2.05, 4.69) is 4.74 Å². The molecule has 5 atom stereocenters. The average molecular weight is 468 g/mol. The Morgan fingerprint density at radius 2 is 1.55 bits per heavy atom. The van der Waals surface area contributed by atoms with E-state index >= 15 is 0 Å². The molecule has 1 heterocycles. The topological polar surface area (TPSA) is 161 Å². The molecule has 1 saturated heterocycles. The molecule has 0 aromatic heterocycles. The molecule has 1 aliphatic heterocycles. The van der Waals surface area contributed by atoms with Gasteiger partial charge in [-0.05, 0) is 12.1 Å². The summed E-state index contributed by atoms with van der Waals surface area (Å²) in [6.07, 6.45) is -6.87. The first kappa shape index (κ1) is 25.6. The van der Waals surface area contributed by atoms with Crippen molar-refractivity contribution < 1.29 is 57.5 Å². The summed E-state index contributed by atoms with van der Waals surface area (Å²) in [5.41, 5.74) is -0.000252. The van der Waals surface area contributed by atoms with Crippen LogP contribution >= 0.6 is 0 Å². The summed E-state index contributed by atoms with van der Waals surface area (Å²) in [6.45, 7) is 3.28. The zero-order chi connectivity index (χ0) is 24.7. The lowest BCUT2D eigenvalue weighted by Gasteiger charge is -2.44. The number of aldehydes is 1. The van der Waals surface area contributed by atoms with E-state index in [1.165, 1.54) is 12.1 Å². The van der Waals surface area contributed by atoms with Crippen LogP contribution in [0.25, 0.3) is 0 Å². The molecule has 0 aliphatic carbocycles. The molecule has 33 heavy (non-hydrogen) atoms. The zero-order valence-corrected chi connectivity index (χ0v) is 18.3. The number of aromatic hydroxyl groups is 1. The lowest BCUT2D eigenvalue weighted by atomic mass is 9.95. The fraction of sp³-hybridized carbons (Fsp3) is 0.476. The Morgan fingerprint density at radius 1 is 0.970 bits per heavy atom. The van der Waals surface area contributed by atoms with Crippen molar-refractivity contribution in [2.45, 2.75) is 57.9 Å². The molecule has 1 N–H and O–H groups in total. The quantitative estimate of drug-likeness (QED) is 0.323. The summed E-state index contributed by atoms with van der Waals surface area (Å²) >= 11 is 0. The van der Waals surface area contributed by atoms with Gasteiger partial charge in [0.1, 0.15) is 17.6 Å². The molecule has 0 unspecified atom stereocenters. The Balaban J connectivity index is 2.49. The maximum atomic E-state index is 11.9. The predicted octanol–water partition coefficient (Wildman–Crippen LogP) is 0.667. The summed E-state index contributed by atoms with van der Waals surface area (Å²) < 4.78 is 31.9. The third-order valence-corrected chi connectivity index (χ3v) is 4.47. The maximum Gasteiger partial charge on any atom is 0.308 e. The van der Waals surface area contributed by atoms with Crippen LogP contribution in [0, 0.1) is 0 Å². The summed E-state index contributed by atoms with van der Waals surface area (Å²) in [4.78, 5) is 58.2. The number of hydrogen-bond acceptors (Lipinski definition) is 12.